The summed E-state index contributed by atoms with van der Waals surface area (Å²) < 4.78 is 32.1. The Bertz CT molecular complexity index is 1200. The highest BCUT2D eigenvalue weighted by Gasteiger charge is 2.26. The zero-order chi connectivity index (χ0) is 22.8. The van der Waals surface area contributed by atoms with Crippen molar-refractivity contribution in [2.45, 2.75) is 26.7 Å². The second kappa shape index (κ2) is 9.07. The van der Waals surface area contributed by atoms with Gasteiger partial charge in [0.1, 0.15) is 11.6 Å². The monoisotopic (exact) mass is 445 g/mol. The maximum Gasteiger partial charge on any atom is 0.255 e. The Labute approximate surface area is 181 Å². The van der Waals surface area contributed by atoms with Gasteiger partial charge in [0.2, 0.25) is 15.7 Å². The highest BCUT2D eigenvalue weighted by atomic mass is 32.2. The molecule has 166 valence electrons. The number of fused-ring (bicyclic) bond motifs is 1. The van der Waals surface area contributed by atoms with E-state index in [1.807, 2.05) is 31.2 Å². The lowest BCUT2D eigenvalue weighted by atomic mass is 10.0. The Balaban J connectivity index is 2.21. The fourth-order valence-corrected chi connectivity index (χ4v) is 4.38. The van der Waals surface area contributed by atoms with E-state index in [0.29, 0.717) is 35.1 Å². The molecule has 8 nitrogen and oxygen atoms in total. The van der Waals surface area contributed by atoms with E-state index in [0.717, 1.165) is 17.4 Å². The van der Waals surface area contributed by atoms with Crippen LogP contribution in [0.15, 0.2) is 34.7 Å². The van der Waals surface area contributed by atoms with Crippen molar-refractivity contribution >= 4 is 32.8 Å². The molecule has 0 saturated carbocycles. The van der Waals surface area contributed by atoms with E-state index < -0.39 is 10.0 Å². The third-order valence-corrected chi connectivity index (χ3v) is 6.18. The predicted molar refractivity (Wildman–Crippen MR) is 121 cm³/mol. The smallest absolute Gasteiger partial charge is 0.255 e. The molecule has 2 heterocycles. The summed E-state index contributed by atoms with van der Waals surface area (Å²) in [4.78, 5) is 17.2. The van der Waals surface area contributed by atoms with Crippen LogP contribution in [0, 0.1) is 13.8 Å². The molecular weight excluding hydrogens is 418 g/mol. The molecule has 1 aromatic carbocycles. The number of nitrogens with one attached hydrogen (secondary N) is 1. The number of nitrogens with zero attached hydrogens (tertiary/aromatic N) is 2. The first-order valence-corrected chi connectivity index (χ1v) is 11.8. The van der Waals surface area contributed by atoms with Crippen molar-refractivity contribution in [3.63, 3.8) is 0 Å². The minimum absolute atomic E-state index is 0.0172. The van der Waals surface area contributed by atoms with Gasteiger partial charge in [-0.15, -0.1) is 0 Å². The second-order valence-electron chi connectivity index (χ2n) is 7.50. The summed E-state index contributed by atoms with van der Waals surface area (Å²) in [5, 5.41) is 12.2. The molecule has 0 aliphatic heterocycles. The van der Waals surface area contributed by atoms with E-state index in [1.165, 1.54) is 4.31 Å². The number of amides is 1. The lowest BCUT2D eigenvalue weighted by molar-refractivity contribution is 0.0964. The van der Waals surface area contributed by atoms with Crippen molar-refractivity contribution < 1.29 is 22.7 Å². The highest BCUT2D eigenvalue weighted by Crippen LogP contribution is 2.36. The molecule has 0 bridgehead atoms. The molecule has 2 aromatic heterocycles. The first-order chi connectivity index (χ1) is 14.7. The van der Waals surface area contributed by atoms with Crippen LogP contribution < -0.4 is 9.62 Å². The number of aromatic nitrogens is 1. The van der Waals surface area contributed by atoms with Crippen LogP contribution in [0.5, 0.6) is 0 Å². The molecule has 0 saturated heterocycles. The number of sulfonamides is 1. The van der Waals surface area contributed by atoms with Crippen LogP contribution >= 0.6 is 0 Å². The Hall–Kier alpha value is -2.91. The maximum absolute atomic E-state index is 12.7. The van der Waals surface area contributed by atoms with Crippen LogP contribution in [-0.2, 0) is 10.0 Å². The molecule has 0 aliphatic carbocycles. The van der Waals surface area contributed by atoms with Crippen LogP contribution in [0.4, 0.5) is 5.82 Å². The Morgan fingerprint density at radius 3 is 2.45 bits per heavy atom. The summed E-state index contributed by atoms with van der Waals surface area (Å²) in [6.07, 6.45) is 2.08. The first-order valence-electron chi connectivity index (χ1n) is 9.99. The molecule has 9 heteroatoms. The SMILES string of the molecule is CNC(=O)c1c(-c2ccc(C)cc2)oc2nc(N(CCCCO)S(C)(=O)=O)c(C)cc12. The quantitative estimate of drug-likeness (QED) is 0.516. The third-order valence-electron chi connectivity index (χ3n) is 5.02. The van der Waals surface area contributed by atoms with Crippen LogP contribution in [0.25, 0.3) is 22.4 Å². The van der Waals surface area contributed by atoms with Gasteiger partial charge in [-0.25, -0.2) is 8.42 Å². The number of carbonyl (C=O) groups excluding carboxylic acids is 1. The second-order valence-corrected chi connectivity index (χ2v) is 9.41. The number of benzene rings is 1. The zero-order valence-corrected chi connectivity index (χ0v) is 18.9. The van der Waals surface area contributed by atoms with Crippen molar-refractivity contribution in [3.8, 4) is 11.3 Å². The van der Waals surface area contributed by atoms with E-state index >= 15 is 0 Å². The lowest BCUT2D eigenvalue weighted by Gasteiger charge is -2.22. The van der Waals surface area contributed by atoms with E-state index in [1.54, 1.807) is 20.0 Å². The number of hydrogen-bond acceptors (Lipinski definition) is 6. The minimum atomic E-state index is -3.60. The molecule has 0 atom stereocenters. The number of anilines is 1. The lowest BCUT2D eigenvalue weighted by Crippen LogP contribution is -2.32. The molecule has 1 amide bonds. The number of aliphatic hydroxyl groups excluding tert-OH is 1. The molecule has 0 radical (unpaired) electrons. The zero-order valence-electron chi connectivity index (χ0n) is 18.1. The number of furan rings is 1. The Kier molecular flexibility index (Phi) is 6.66. The van der Waals surface area contributed by atoms with Gasteiger partial charge in [0, 0.05) is 25.8 Å². The number of carbonyl (C=O) groups is 1. The van der Waals surface area contributed by atoms with Crippen molar-refractivity contribution in [2.24, 2.45) is 0 Å². The normalized spacial score (nSPS) is 11.6. The van der Waals surface area contributed by atoms with Crippen molar-refractivity contribution in [2.75, 3.05) is 30.8 Å². The van der Waals surface area contributed by atoms with Gasteiger partial charge in [0.05, 0.1) is 17.2 Å². The fourth-order valence-electron chi connectivity index (χ4n) is 3.42. The van der Waals surface area contributed by atoms with Crippen LogP contribution in [0.1, 0.15) is 34.3 Å². The van der Waals surface area contributed by atoms with Gasteiger partial charge < -0.3 is 14.8 Å². The van der Waals surface area contributed by atoms with Gasteiger partial charge in [-0.3, -0.25) is 9.10 Å². The molecule has 0 fully saturated rings. The van der Waals surface area contributed by atoms with Crippen molar-refractivity contribution in [3.05, 3.63) is 47.0 Å². The van der Waals surface area contributed by atoms with Gasteiger partial charge >= 0.3 is 0 Å². The number of rotatable bonds is 8. The number of unbranched alkanes of at least 4 members (excludes halogenated alkanes) is 1. The topological polar surface area (TPSA) is 113 Å². The summed E-state index contributed by atoms with van der Waals surface area (Å²) in [6.45, 7) is 3.89. The molecule has 0 unspecified atom stereocenters. The van der Waals surface area contributed by atoms with E-state index in [-0.39, 0.29) is 30.6 Å². The van der Waals surface area contributed by atoms with E-state index in [4.69, 9.17) is 9.52 Å². The van der Waals surface area contributed by atoms with Gasteiger partial charge in [0.15, 0.2) is 0 Å². The molecule has 31 heavy (non-hydrogen) atoms. The number of aliphatic hydroxyl groups is 1. The third kappa shape index (κ3) is 4.72. The summed E-state index contributed by atoms with van der Waals surface area (Å²) in [6, 6.07) is 9.31. The minimum Gasteiger partial charge on any atom is -0.437 e. The largest absolute Gasteiger partial charge is 0.437 e. The van der Waals surface area contributed by atoms with Crippen molar-refractivity contribution in [1.29, 1.82) is 0 Å². The summed E-state index contributed by atoms with van der Waals surface area (Å²) >= 11 is 0. The molecule has 0 spiro atoms. The van der Waals surface area contributed by atoms with Crippen LogP contribution in [0.2, 0.25) is 0 Å². The summed E-state index contributed by atoms with van der Waals surface area (Å²) in [7, 11) is -2.06. The molecule has 2 N–H and O–H groups in total. The van der Waals surface area contributed by atoms with Gasteiger partial charge in [-0.05, 0) is 38.3 Å². The van der Waals surface area contributed by atoms with Crippen LogP contribution in [-0.4, -0.2) is 50.9 Å². The maximum atomic E-state index is 12.7. The predicted octanol–water partition coefficient (Wildman–Crippen LogP) is 3.01. The Morgan fingerprint density at radius 2 is 1.87 bits per heavy atom. The number of hydrogen-bond donors (Lipinski definition) is 2. The van der Waals surface area contributed by atoms with Crippen LogP contribution in [0.3, 0.4) is 0 Å². The summed E-state index contributed by atoms with van der Waals surface area (Å²) in [5.74, 6) is 0.316. The average molecular weight is 446 g/mol. The van der Waals surface area contributed by atoms with Gasteiger partial charge in [0.25, 0.3) is 5.91 Å². The van der Waals surface area contributed by atoms with Gasteiger partial charge in [-0.1, -0.05) is 29.8 Å². The standard InChI is InChI=1S/C22H27N3O5S/c1-14-7-9-16(10-8-14)19-18(21(27)23-3)17-13-15(2)20(24-22(17)30-19)25(31(4,28)29)11-5-6-12-26/h7-10,13,26H,5-6,11-12H2,1-4H3,(H,23,27). The van der Waals surface area contributed by atoms with E-state index in [9.17, 15) is 13.2 Å². The van der Waals surface area contributed by atoms with Crippen molar-refractivity contribution in [1.82, 2.24) is 10.3 Å². The highest BCUT2D eigenvalue weighted by molar-refractivity contribution is 7.92. The summed E-state index contributed by atoms with van der Waals surface area (Å²) in [5.41, 5.74) is 2.94. The first kappa shape index (κ1) is 22.8. The Morgan fingerprint density at radius 1 is 1.19 bits per heavy atom. The number of pyridine rings is 1. The molecular formula is C22H27N3O5S. The van der Waals surface area contributed by atoms with Gasteiger partial charge in [-0.2, -0.15) is 4.98 Å². The van der Waals surface area contributed by atoms with E-state index in [2.05, 4.69) is 10.3 Å². The molecule has 3 rings (SSSR count). The molecule has 3 aromatic rings. The number of aryl methyl sites for hydroxylation is 2. The molecule has 0 aliphatic rings. The fraction of sp³-hybridized carbons (Fsp3) is 0.364. The average Bonchev–Trinajstić information content (AvgIpc) is 3.08.